The molecule has 78 valence electrons. The monoisotopic (exact) mass is 189 g/mol. The molecule has 0 aliphatic heterocycles. The highest BCUT2D eigenvalue weighted by atomic mass is 16.5. The van der Waals surface area contributed by atoms with E-state index in [1.54, 1.807) is 13.8 Å². The summed E-state index contributed by atoms with van der Waals surface area (Å²) in [5.41, 5.74) is 0. The maximum atomic E-state index is 11.3. The molecule has 1 atom stereocenters. The van der Waals surface area contributed by atoms with Gasteiger partial charge in [-0.15, -0.1) is 0 Å². The molecular weight excluding hydrogens is 170 g/mol. The molecule has 0 spiro atoms. The van der Waals surface area contributed by atoms with E-state index < -0.39 is 0 Å². The minimum Gasteiger partial charge on any atom is -0.465 e. The Morgan fingerprint density at radius 3 is 2.54 bits per heavy atom. The van der Waals surface area contributed by atoms with Crippen LogP contribution in [0.3, 0.4) is 0 Å². The van der Waals surface area contributed by atoms with E-state index in [1.807, 2.05) is 11.8 Å². The molecule has 0 amide bonds. The van der Waals surface area contributed by atoms with E-state index in [1.165, 1.54) is 0 Å². The predicted octanol–water partition coefficient (Wildman–Crippen LogP) is 0.252. The average Bonchev–Trinajstić information content (AvgIpc) is 2.13. The topological polar surface area (TPSA) is 49.8 Å². The van der Waals surface area contributed by atoms with E-state index in [2.05, 4.69) is 0 Å². The Balaban J connectivity index is 4.02. The zero-order valence-corrected chi connectivity index (χ0v) is 8.62. The fourth-order valence-electron chi connectivity index (χ4n) is 1.17. The second-order valence-corrected chi connectivity index (χ2v) is 2.78. The van der Waals surface area contributed by atoms with Crippen LogP contribution in [0.1, 0.15) is 20.8 Å². The standard InChI is InChI=1S/C9H19NO3/c1-4-10(6-7-11)8(3)9(12)13-5-2/h8,11H,4-7H2,1-3H3. The van der Waals surface area contributed by atoms with E-state index in [0.29, 0.717) is 13.2 Å². The molecule has 4 nitrogen and oxygen atoms in total. The lowest BCUT2D eigenvalue weighted by molar-refractivity contribution is -0.148. The van der Waals surface area contributed by atoms with Crippen molar-refractivity contribution in [3.8, 4) is 0 Å². The third kappa shape index (κ3) is 4.24. The Labute approximate surface area is 79.5 Å². The first-order valence-corrected chi connectivity index (χ1v) is 4.68. The fourth-order valence-corrected chi connectivity index (χ4v) is 1.17. The minimum atomic E-state index is -0.267. The Kier molecular flexibility index (Phi) is 6.54. The van der Waals surface area contributed by atoms with Crippen LogP contribution in [0.5, 0.6) is 0 Å². The van der Waals surface area contributed by atoms with E-state index in [0.717, 1.165) is 6.54 Å². The molecule has 0 aromatic rings. The van der Waals surface area contributed by atoms with Gasteiger partial charge in [0.15, 0.2) is 0 Å². The van der Waals surface area contributed by atoms with Crippen molar-refractivity contribution in [2.75, 3.05) is 26.3 Å². The van der Waals surface area contributed by atoms with Crippen LogP contribution in [0, 0.1) is 0 Å². The van der Waals surface area contributed by atoms with Gasteiger partial charge in [-0.2, -0.15) is 0 Å². The van der Waals surface area contributed by atoms with Crippen LogP contribution in [-0.4, -0.2) is 48.3 Å². The molecule has 0 bridgehead atoms. The van der Waals surface area contributed by atoms with Gasteiger partial charge in [-0.05, 0) is 20.4 Å². The van der Waals surface area contributed by atoms with Gasteiger partial charge in [0.1, 0.15) is 6.04 Å². The van der Waals surface area contributed by atoms with Gasteiger partial charge in [-0.25, -0.2) is 0 Å². The second kappa shape index (κ2) is 6.86. The Bertz CT molecular complexity index is 150. The van der Waals surface area contributed by atoms with Crippen molar-refractivity contribution < 1.29 is 14.6 Å². The van der Waals surface area contributed by atoms with Crippen LogP contribution < -0.4 is 0 Å². The van der Waals surface area contributed by atoms with Crippen LogP contribution in [0.2, 0.25) is 0 Å². The molecule has 0 saturated carbocycles. The first-order valence-electron chi connectivity index (χ1n) is 4.68. The molecule has 0 aliphatic carbocycles. The molecule has 0 heterocycles. The van der Waals surface area contributed by atoms with Crippen molar-refractivity contribution in [2.45, 2.75) is 26.8 Å². The maximum absolute atomic E-state index is 11.3. The average molecular weight is 189 g/mol. The summed E-state index contributed by atoms with van der Waals surface area (Å²) in [7, 11) is 0. The van der Waals surface area contributed by atoms with E-state index in [-0.39, 0.29) is 18.6 Å². The molecular formula is C9H19NO3. The summed E-state index contributed by atoms with van der Waals surface area (Å²) >= 11 is 0. The molecule has 0 radical (unpaired) electrons. The summed E-state index contributed by atoms with van der Waals surface area (Å²) in [5.74, 6) is -0.224. The van der Waals surface area contributed by atoms with Crippen molar-refractivity contribution in [3.63, 3.8) is 0 Å². The summed E-state index contributed by atoms with van der Waals surface area (Å²) in [4.78, 5) is 13.1. The number of esters is 1. The van der Waals surface area contributed by atoms with Crippen LogP contribution in [0.25, 0.3) is 0 Å². The Morgan fingerprint density at radius 2 is 2.15 bits per heavy atom. The SMILES string of the molecule is CCOC(=O)C(C)N(CC)CCO. The largest absolute Gasteiger partial charge is 0.465 e. The van der Waals surface area contributed by atoms with E-state index in [9.17, 15) is 4.79 Å². The number of nitrogens with zero attached hydrogens (tertiary/aromatic N) is 1. The Morgan fingerprint density at radius 1 is 1.54 bits per heavy atom. The first-order chi connectivity index (χ1) is 6.17. The number of aliphatic hydroxyl groups is 1. The minimum absolute atomic E-state index is 0.0670. The summed E-state index contributed by atoms with van der Waals surface area (Å²) in [6.07, 6.45) is 0. The van der Waals surface area contributed by atoms with Gasteiger partial charge in [0.05, 0.1) is 13.2 Å². The van der Waals surface area contributed by atoms with E-state index in [4.69, 9.17) is 9.84 Å². The summed E-state index contributed by atoms with van der Waals surface area (Å²) in [6.45, 7) is 7.24. The smallest absolute Gasteiger partial charge is 0.323 e. The molecule has 0 aromatic heterocycles. The highest BCUT2D eigenvalue weighted by Crippen LogP contribution is 2.00. The quantitative estimate of drug-likeness (QED) is 0.609. The molecule has 0 rings (SSSR count). The molecule has 0 fully saturated rings. The van der Waals surface area contributed by atoms with Crippen LogP contribution in [-0.2, 0) is 9.53 Å². The molecule has 0 aromatic carbocycles. The third-order valence-corrected chi connectivity index (χ3v) is 1.97. The van der Waals surface area contributed by atoms with Crippen molar-refractivity contribution in [1.82, 2.24) is 4.90 Å². The highest BCUT2D eigenvalue weighted by molar-refractivity contribution is 5.75. The molecule has 0 saturated heterocycles. The van der Waals surface area contributed by atoms with Gasteiger partial charge in [-0.3, -0.25) is 9.69 Å². The van der Waals surface area contributed by atoms with Gasteiger partial charge in [-0.1, -0.05) is 6.92 Å². The number of rotatable bonds is 6. The summed E-state index contributed by atoms with van der Waals surface area (Å²) < 4.78 is 4.87. The van der Waals surface area contributed by atoms with Gasteiger partial charge in [0.2, 0.25) is 0 Å². The summed E-state index contributed by atoms with van der Waals surface area (Å²) in [5, 5.41) is 8.73. The Hall–Kier alpha value is -0.610. The lowest BCUT2D eigenvalue weighted by Crippen LogP contribution is -2.41. The van der Waals surface area contributed by atoms with Gasteiger partial charge >= 0.3 is 5.97 Å². The van der Waals surface area contributed by atoms with Crippen LogP contribution in [0.15, 0.2) is 0 Å². The van der Waals surface area contributed by atoms with Crippen molar-refractivity contribution in [3.05, 3.63) is 0 Å². The number of likely N-dealkylation sites (N-methyl/N-ethyl adjacent to an activating group) is 1. The molecule has 13 heavy (non-hydrogen) atoms. The molecule has 0 aliphatic rings. The number of hydrogen-bond donors (Lipinski definition) is 1. The number of ether oxygens (including phenoxy) is 1. The van der Waals surface area contributed by atoms with E-state index >= 15 is 0 Å². The van der Waals surface area contributed by atoms with Gasteiger partial charge in [0.25, 0.3) is 0 Å². The number of carbonyl (C=O) groups excluding carboxylic acids is 1. The normalized spacial score (nSPS) is 13.0. The van der Waals surface area contributed by atoms with Crippen molar-refractivity contribution in [2.24, 2.45) is 0 Å². The zero-order chi connectivity index (χ0) is 10.3. The predicted molar refractivity (Wildman–Crippen MR) is 50.4 cm³/mol. The highest BCUT2D eigenvalue weighted by Gasteiger charge is 2.20. The van der Waals surface area contributed by atoms with Crippen LogP contribution >= 0.6 is 0 Å². The van der Waals surface area contributed by atoms with Crippen molar-refractivity contribution in [1.29, 1.82) is 0 Å². The molecule has 4 heteroatoms. The first kappa shape index (κ1) is 12.4. The summed E-state index contributed by atoms with van der Waals surface area (Å²) in [6, 6.07) is -0.267. The van der Waals surface area contributed by atoms with Crippen molar-refractivity contribution >= 4 is 5.97 Å². The van der Waals surface area contributed by atoms with Gasteiger partial charge < -0.3 is 9.84 Å². The van der Waals surface area contributed by atoms with Crippen LogP contribution in [0.4, 0.5) is 0 Å². The zero-order valence-electron chi connectivity index (χ0n) is 8.62. The van der Waals surface area contributed by atoms with Gasteiger partial charge in [0, 0.05) is 6.54 Å². The number of carbonyl (C=O) groups is 1. The second-order valence-electron chi connectivity index (χ2n) is 2.78. The molecule has 1 N–H and O–H groups in total. The lowest BCUT2D eigenvalue weighted by atomic mass is 10.3. The number of aliphatic hydroxyl groups excluding tert-OH is 1. The fraction of sp³-hybridized carbons (Fsp3) is 0.889. The number of hydrogen-bond acceptors (Lipinski definition) is 4. The maximum Gasteiger partial charge on any atom is 0.323 e. The molecule has 1 unspecified atom stereocenters. The lowest BCUT2D eigenvalue weighted by Gasteiger charge is -2.24. The third-order valence-electron chi connectivity index (χ3n) is 1.97.